The molecule has 6 nitrogen and oxygen atoms in total. The highest BCUT2D eigenvalue weighted by Gasteiger charge is 2.15. The minimum absolute atomic E-state index is 0.581. The predicted molar refractivity (Wildman–Crippen MR) is 116 cm³/mol. The number of nitrogens with zero attached hydrogens (tertiary/aromatic N) is 3. The SMILES string of the molecule is COc1ccc(CN(Cc2ccc(OC)cc2)c2ncc(SC)c(OC)n2)cc1. The van der Waals surface area contributed by atoms with Crippen LogP contribution in [0.25, 0.3) is 0 Å². The second-order valence-corrected chi connectivity index (χ2v) is 7.15. The van der Waals surface area contributed by atoms with Gasteiger partial charge >= 0.3 is 0 Å². The molecule has 0 radical (unpaired) electrons. The van der Waals surface area contributed by atoms with Crippen molar-refractivity contribution in [3.63, 3.8) is 0 Å². The lowest BCUT2D eigenvalue weighted by atomic mass is 10.1. The number of rotatable bonds is 9. The van der Waals surface area contributed by atoms with Crippen LogP contribution in [0.3, 0.4) is 0 Å². The summed E-state index contributed by atoms with van der Waals surface area (Å²) in [4.78, 5) is 12.3. The number of methoxy groups -OCH3 is 3. The van der Waals surface area contributed by atoms with Crippen LogP contribution in [0.2, 0.25) is 0 Å². The first-order valence-corrected chi connectivity index (χ1v) is 10.3. The van der Waals surface area contributed by atoms with Gasteiger partial charge in [0.25, 0.3) is 0 Å². The Hall–Kier alpha value is -2.93. The van der Waals surface area contributed by atoms with E-state index in [0.29, 0.717) is 24.9 Å². The molecule has 0 spiro atoms. The zero-order valence-corrected chi connectivity index (χ0v) is 17.9. The van der Waals surface area contributed by atoms with E-state index in [9.17, 15) is 0 Å². The summed E-state index contributed by atoms with van der Waals surface area (Å²) < 4.78 is 16.0. The Morgan fingerprint density at radius 3 is 1.72 bits per heavy atom. The number of thioether (sulfide) groups is 1. The molecule has 1 aromatic heterocycles. The van der Waals surface area contributed by atoms with E-state index >= 15 is 0 Å². The second kappa shape index (κ2) is 10.0. The third kappa shape index (κ3) is 5.32. The molecule has 0 aliphatic carbocycles. The monoisotopic (exact) mass is 411 g/mol. The van der Waals surface area contributed by atoms with Crippen molar-refractivity contribution in [3.8, 4) is 17.4 Å². The molecule has 1 heterocycles. The maximum atomic E-state index is 5.46. The Kier molecular flexibility index (Phi) is 7.19. The summed E-state index contributed by atoms with van der Waals surface area (Å²) in [5.74, 6) is 2.86. The highest BCUT2D eigenvalue weighted by molar-refractivity contribution is 7.98. The Morgan fingerprint density at radius 1 is 0.793 bits per heavy atom. The van der Waals surface area contributed by atoms with Crippen molar-refractivity contribution >= 4 is 17.7 Å². The van der Waals surface area contributed by atoms with Gasteiger partial charge in [-0.3, -0.25) is 0 Å². The van der Waals surface area contributed by atoms with Gasteiger partial charge in [0.05, 0.1) is 26.2 Å². The number of hydrogen-bond donors (Lipinski definition) is 0. The Labute approximate surface area is 175 Å². The van der Waals surface area contributed by atoms with Gasteiger partial charge < -0.3 is 19.1 Å². The summed E-state index contributed by atoms with van der Waals surface area (Å²) in [5.41, 5.74) is 2.27. The smallest absolute Gasteiger partial charge is 0.231 e. The summed E-state index contributed by atoms with van der Waals surface area (Å²) in [6, 6.07) is 16.0. The first-order valence-electron chi connectivity index (χ1n) is 9.12. The van der Waals surface area contributed by atoms with Crippen LogP contribution in [-0.4, -0.2) is 37.6 Å². The van der Waals surface area contributed by atoms with Crippen LogP contribution in [0, 0.1) is 0 Å². The van der Waals surface area contributed by atoms with Crippen LogP contribution >= 0.6 is 11.8 Å². The van der Waals surface area contributed by atoms with Crippen LogP contribution in [-0.2, 0) is 13.1 Å². The Balaban J connectivity index is 1.90. The first kappa shape index (κ1) is 20.8. The standard InChI is InChI=1S/C22H25N3O3S/c1-26-18-9-5-16(6-10-18)14-25(15-17-7-11-19(27-2)12-8-17)22-23-13-20(29-4)21(24-22)28-3/h5-13H,14-15H2,1-4H3. The van der Waals surface area contributed by atoms with E-state index in [1.807, 2.05) is 54.8 Å². The molecule has 0 saturated heterocycles. The van der Waals surface area contributed by atoms with Crippen LogP contribution < -0.4 is 19.1 Å². The van der Waals surface area contributed by atoms with Gasteiger partial charge in [0.2, 0.25) is 11.8 Å². The lowest BCUT2D eigenvalue weighted by molar-refractivity contribution is 0.385. The summed E-state index contributed by atoms with van der Waals surface area (Å²) >= 11 is 1.56. The topological polar surface area (TPSA) is 56.7 Å². The number of anilines is 1. The van der Waals surface area contributed by atoms with Crippen LogP contribution in [0.5, 0.6) is 17.4 Å². The Morgan fingerprint density at radius 2 is 1.31 bits per heavy atom. The maximum Gasteiger partial charge on any atom is 0.231 e. The molecule has 0 bridgehead atoms. The number of hydrogen-bond acceptors (Lipinski definition) is 7. The van der Waals surface area contributed by atoms with E-state index < -0.39 is 0 Å². The highest BCUT2D eigenvalue weighted by atomic mass is 32.2. The lowest BCUT2D eigenvalue weighted by Gasteiger charge is -2.24. The molecule has 0 amide bonds. The zero-order valence-electron chi connectivity index (χ0n) is 17.1. The van der Waals surface area contributed by atoms with Crippen molar-refractivity contribution in [1.82, 2.24) is 9.97 Å². The number of ether oxygens (including phenoxy) is 3. The predicted octanol–water partition coefficient (Wildman–Crippen LogP) is 4.43. The molecule has 0 atom stereocenters. The molecule has 2 aromatic carbocycles. The molecule has 0 saturated carbocycles. The van der Waals surface area contributed by atoms with Crippen molar-refractivity contribution in [1.29, 1.82) is 0 Å². The molecule has 7 heteroatoms. The van der Waals surface area contributed by atoms with Gasteiger partial charge in [-0.25, -0.2) is 4.98 Å². The van der Waals surface area contributed by atoms with Crippen molar-refractivity contribution in [2.45, 2.75) is 18.0 Å². The fourth-order valence-electron chi connectivity index (χ4n) is 2.88. The summed E-state index contributed by atoms with van der Waals surface area (Å²) in [6.07, 6.45) is 3.79. The quantitative estimate of drug-likeness (QED) is 0.483. The fraction of sp³-hybridized carbons (Fsp3) is 0.273. The minimum atomic E-state index is 0.581. The van der Waals surface area contributed by atoms with Gasteiger partial charge in [0.15, 0.2) is 0 Å². The van der Waals surface area contributed by atoms with E-state index in [1.54, 1.807) is 39.3 Å². The lowest BCUT2D eigenvalue weighted by Crippen LogP contribution is -2.24. The third-order valence-corrected chi connectivity index (χ3v) is 5.19. The van der Waals surface area contributed by atoms with Crippen molar-refractivity contribution in [3.05, 3.63) is 65.9 Å². The van der Waals surface area contributed by atoms with Crippen molar-refractivity contribution in [2.75, 3.05) is 32.5 Å². The molecule has 3 rings (SSSR count). The van der Waals surface area contributed by atoms with E-state index in [0.717, 1.165) is 27.5 Å². The van der Waals surface area contributed by atoms with E-state index in [-0.39, 0.29) is 0 Å². The average molecular weight is 412 g/mol. The average Bonchev–Trinajstić information content (AvgIpc) is 2.79. The van der Waals surface area contributed by atoms with Gasteiger partial charge in [-0.2, -0.15) is 4.98 Å². The first-order chi connectivity index (χ1) is 14.2. The van der Waals surface area contributed by atoms with Gasteiger partial charge in [0, 0.05) is 19.3 Å². The number of benzene rings is 2. The van der Waals surface area contributed by atoms with Crippen LogP contribution in [0.15, 0.2) is 59.6 Å². The summed E-state index contributed by atoms with van der Waals surface area (Å²) in [7, 11) is 4.96. The third-order valence-electron chi connectivity index (χ3n) is 4.47. The molecule has 0 fully saturated rings. The van der Waals surface area contributed by atoms with Gasteiger partial charge in [-0.05, 0) is 41.6 Å². The van der Waals surface area contributed by atoms with Crippen LogP contribution in [0.4, 0.5) is 5.95 Å². The van der Waals surface area contributed by atoms with E-state index in [2.05, 4.69) is 14.9 Å². The summed E-state index contributed by atoms with van der Waals surface area (Å²) in [5, 5.41) is 0. The molecular formula is C22H25N3O3S. The second-order valence-electron chi connectivity index (χ2n) is 6.30. The molecule has 29 heavy (non-hydrogen) atoms. The largest absolute Gasteiger partial charge is 0.497 e. The normalized spacial score (nSPS) is 10.5. The molecule has 0 N–H and O–H groups in total. The molecular weight excluding hydrogens is 386 g/mol. The Bertz CT molecular complexity index is 868. The molecule has 0 unspecified atom stereocenters. The van der Waals surface area contributed by atoms with Gasteiger partial charge in [-0.15, -0.1) is 11.8 Å². The maximum absolute atomic E-state index is 5.46. The zero-order chi connectivity index (χ0) is 20.6. The van der Waals surface area contributed by atoms with E-state index in [1.165, 1.54) is 0 Å². The number of aromatic nitrogens is 2. The fourth-order valence-corrected chi connectivity index (χ4v) is 3.35. The summed E-state index contributed by atoms with van der Waals surface area (Å²) in [6.45, 7) is 1.30. The molecule has 0 aliphatic rings. The minimum Gasteiger partial charge on any atom is -0.497 e. The van der Waals surface area contributed by atoms with Crippen LogP contribution in [0.1, 0.15) is 11.1 Å². The molecule has 152 valence electrons. The molecule has 0 aliphatic heterocycles. The van der Waals surface area contributed by atoms with E-state index in [4.69, 9.17) is 14.2 Å². The van der Waals surface area contributed by atoms with Crippen molar-refractivity contribution < 1.29 is 14.2 Å². The molecule has 3 aromatic rings. The van der Waals surface area contributed by atoms with Gasteiger partial charge in [-0.1, -0.05) is 24.3 Å². The highest BCUT2D eigenvalue weighted by Crippen LogP contribution is 2.28. The van der Waals surface area contributed by atoms with Gasteiger partial charge in [0.1, 0.15) is 11.5 Å². The van der Waals surface area contributed by atoms with Crippen molar-refractivity contribution in [2.24, 2.45) is 0 Å².